The summed E-state index contributed by atoms with van der Waals surface area (Å²) in [5, 5.41) is 0.578. The number of alkyl halides is 9. The summed E-state index contributed by atoms with van der Waals surface area (Å²) in [6, 6.07) is 0. The molecule has 1 aliphatic carbocycles. The Morgan fingerprint density at radius 1 is 1.03 bits per heavy atom. The van der Waals surface area contributed by atoms with Crippen LogP contribution in [0.15, 0.2) is 0 Å². The minimum Gasteiger partial charge on any atom is -0.462 e. The number of hydrogen-bond donors (Lipinski definition) is 1. The van der Waals surface area contributed by atoms with E-state index in [0.717, 1.165) is 6.42 Å². The van der Waals surface area contributed by atoms with Crippen molar-refractivity contribution in [3.63, 3.8) is 0 Å². The summed E-state index contributed by atoms with van der Waals surface area (Å²) in [5.41, 5.74) is -0.0828. The number of carbonyl (C=O) groups excluding carboxylic acids is 2. The van der Waals surface area contributed by atoms with Gasteiger partial charge in [-0.1, -0.05) is 13.3 Å². The van der Waals surface area contributed by atoms with Crippen molar-refractivity contribution in [3.05, 3.63) is 16.0 Å². The van der Waals surface area contributed by atoms with Gasteiger partial charge in [-0.2, -0.15) is 39.5 Å². The van der Waals surface area contributed by atoms with Crippen molar-refractivity contribution >= 4 is 28.2 Å². The molecule has 0 fully saturated rings. The van der Waals surface area contributed by atoms with Gasteiger partial charge in [0.2, 0.25) is 0 Å². The molecule has 32 heavy (non-hydrogen) atoms. The summed E-state index contributed by atoms with van der Waals surface area (Å²) in [4.78, 5) is 24.6. The fourth-order valence-electron chi connectivity index (χ4n) is 3.21. The molecule has 1 amide bonds. The molecule has 0 unspecified atom stereocenters. The van der Waals surface area contributed by atoms with Gasteiger partial charge in [0.25, 0.3) is 0 Å². The average Bonchev–Trinajstić information content (AvgIpc) is 3.03. The number of rotatable bonds is 7. The minimum atomic E-state index is -7.20. The first-order chi connectivity index (χ1) is 14.5. The summed E-state index contributed by atoms with van der Waals surface area (Å²) in [5.74, 6) is -24.8. The molecule has 0 saturated heterocycles. The summed E-state index contributed by atoms with van der Waals surface area (Å²) >= 11 is 0.583. The SMILES string of the molecule is CCOC(=O)c1c(NC(=O)C(F)(F)C(F)(F)C(F)(F)C(F)(F)F)sc2c1CC[C@@H](CC)C2. The van der Waals surface area contributed by atoms with Crippen molar-refractivity contribution in [1.82, 2.24) is 0 Å². The molecule has 4 nitrogen and oxygen atoms in total. The largest absolute Gasteiger partial charge is 0.462 e. The molecule has 182 valence electrons. The molecule has 0 saturated carbocycles. The topological polar surface area (TPSA) is 55.4 Å². The van der Waals surface area contributed by atoms with E-state index in [1.54, 1.807) is 0 Å². The van der Waals surface area contributed by atoms with Gasteiger partial charge in [0.05, 0.1) is 12.2 Å². The molecule has 1 aliphatic rings. The maximum Gasteiger partial charge on any atom is 0.460 e. The zero-order chi connectivity index (χ0) is 24.7. The monoisotopic (exact) mass is 499 g/mol. The van der Waals surface area contributed by atoms with E-state index in [9.17, 15) is 49.1 Å². The maximum atomic E-state index is 13.9. The Hall–Kier alpha value is -1.99. The second kappa shape index (κ2) is 8.75. The molecule has 2 rings (SSSR count). The third-order valence-electron chi connectivity index (χ3n) is 5.08. The highest BCUT2D eigenvalue weighted by atomic mass is 32.1. The van der Waals surface area contributed by atoms with Crippen LogP contribution in [0.1, 0.15) is 47.5 Å². The lowest BCUT2D eigenvalue weighted by atomic mass is 9.85. The van der Waals surface area contributed by atoms with Crippen LogP contribution in [0.5, 0.6) is 0 Å². The lowest BCUT2D eigenvalue weighted by Crippen LogP contribution is -2.64. The quantitative estimate of drug-likeness (QED) is 0.379. The molecule has 0 bridgehead atoms. The Balaban J connectivity index is 2.46. The van der Waals surface area contributed by atoms with Crippen LogP contribution in [0.4, 0.5) is 44.5 Å². The van der Waals surface area contributed by atoms with Gasteiger partial charge in [-0.15, -0.1) is 11.3 Å². The third kappa shape index (κ3) is 4.29. The number of thiophene rings is 1. The highest BCUT2D eigenvalue weighted by Gasteiger charge is 2.83. The Morgan fingerprint density at radius 3 is 2.12 bits per heavy atom. The third-order valence-corrected chi connectivity index (χ3v) is 6.25. The molecule has 0 spiro atoms. The van der Waals surface area contributed by atoms with E-state index in [1.807, 2.05) is 6.92 Å². The van der Waals surface area contributed by atoms with Gasteiger partial charge < -0.3 is 10.1 Å². The number of nitrogens with one attached hydrogen (secondary N) is 1. The standard InChI is InChI=1S/C18H18F9NO3S/c1-3-8-5-6-9-10(7-8)32-12(11(9)13(29)31-4-2)28-14(30)15(19,20)16(21,22)17(23,24)18(25,26)27/h8H,3-7H2,1-2H3,(H,28,30)/t8-/m1/s1. The Morgan fingerprint density at radius 2 is 1.62 bits per heavy atom. The molecule has 0 aliphatic heterocycles. The van der Waals surface area contributed by atoms with Crippen molar-refractivity contribution in [2.45, 2.75) is 63.5 Å². The second-order valence-corrected chi connectivity index (χ2v) is 8.23. The number of anilines is 1. The Bertz CT molecular complexity index is 880. The van der Waals surface area contributed by atoms with Crippen LogP contribution in [0.25, 0.3) is 0 Å². The average molecular weight is 499 g/mol. The van der Waals surface area contributed by atoms with Crippen LogP contribution < -0.4 is 5.32 Å². The maximum absolute atomic E-state index is 13.9. The first-order valence-electron chi connectivity index (χ1n) is 9.36. The van der Waals surface area contributed by atoms with Crippen molar-refractivity contribution in [3.8, 4) is 0 Å². The molecule has 1 atom stereocenters. The number of ether oxygens (including phenoxy) is 1. The molecule has 1 aromatic rings. The van der Waals surface area contributed by atoms with E-state index < -0.39 is 46.4 Å². The van der Waals surface area contributed by atoms with Crippen molar-refractivity contribution < 1.29 is 53.8 Å². The molecule has 1 aromatic heterocycles. The number of halogens is 9. The lowest BCUT2D eigenvalue weighted by Gasteiger charge is -2.32. The molecular weight excluding hydrogens is 481 g/mol. The molecule has 0 aromatic carbocycles. The van der Waals surface area contributed by atoms with Crippen molar-refractivity contribution in [2.24, 2.45) is 5.92 Å². The molecule has 1 heterocycles. The predicted molar refractivity (Wildman–Crippen MR) is 95.6 cm³/mol. The van der Waals surface area contributed by atoms with Gasteiger partial charge in [-0.05, 0) is 37.7 Å². The Labute approximate surface area is 180 Å². The van der Waals surface area contributed by atoms with Crippen LogP contribution in [0.2, 0.25) is 0 Å². The zero-order valence-corrected chi connectivity index (χ0v) is 17.5. The summed E-state index contributed by atoms with van der Waals surface area (Å²) in [6.07, 6.45) is -5.09. The normalized spacial score (nSPS) is 17.7. The van der Waals surface area contributed by atoms with E-state index in [-0.39, 0.29) is 18.9 Å². The van der Waals surface area contributed by atoms with E-state index in [1.165, 1.54) is 12.2 Å². The van der Waals surface area contributed by atoms with E-state index in [0.29, 0.717) is 34.6 Å². The second-order valence-electron chi connectivity index (χ2n) is 7.12. The fraction of sp³-hybridized carbons (Fsp3) is 0.667. The van der Waals surface area contributed by atoms with Gasteiger partial charge in [-0.25, -0.2) is 4.79 Å². The fourth-order valence-corrected chi connectivity index (χ4v) is 4.55. The van der Waals surface area contributed by atoms with E-state index in [2.05, 4.69) is 0 Å². The van der Waals surface area contributed by atoms with E-state index >= 15 is 0 Å². The number of carbonyl (C=O) groups is 2. The zero-order valence-electron chi connectivity index (χ0n) is 16.6. The van der Waals surface area contributed by atoms with Crippen LogP contribution in [-0.2, 0) is 22.4 Å². The van der Waals surface area contributed by atoms with Gasteiger partial charge in [-0.3, -0.25) is 4.79 Å². The van der Waals surface area contributed by atoms with Crippen molar-refractivity contribution in [2.75, 3.05) is 11.9 Å². The Kier molecular flexibility index (Phi) is 7.18. The van der Waals surface area contributed by atoms with Crippen LogP contribution in [0, 0.1) is 5.92 Å². The molecule has 1 N–H and O–H groups in total. The van der Waals surface area contributed by atoms with Gasteiger partial charge in [0.1, 0.15) is 5.00 Å². The van der Waals surface area contributed by atoms with Crippen LogP contribution in [-0.4, -0.2) is 42.4 Å². The number of amides is 1. The minimum absolute atomic E-state index is 0.149. The van der Waals surface area contributed by atoms with Gasteiger partial charge >= 0.3 is 35.8 Å². The van der Waals surface area contributed by atoms with Crippen LogP contribution in [0.3, 0.4) is 0 Å². The molecule has 14 heteroatoms. The van der Waals surface area contributed by atoms with E-state index in [4.69, 9.17) is 4.74 Å². The summed E-state index contributed by atoms with van der Waals surface area (Å²) in [6.45, 7) is 3.12. The highest BCUT2D eigenvalue weighted by molar-refractivity contribution is 7.17. The molecular formula is C18H18F9NO3S. The summed E-state index contributed by atoms with van der Waals surface area (Å²) < 4.78 is 123. The number of esters is 1. The first kappa shape index (κ1) is 26.3. The van der Waals surface area contributed by atoms with Gasteiger partial charge in [0.15, 0.2) is 0 Å². The van der Waals surface area contributed by atoms with Crippen molar-refractivity contribution in [1.29, 1.82) is 0 Å². The van der Waals surface area contributed by atoms with Gasteiger partial charge in [0, 0.05) is 4.88 Å². The highest BCUT2D eigenvalue weighted by Crippen LogP contribution is 2.53. The molecule has 0 radical (unpaired) electrons. The first-order valence-corrected chi connectivity index (χ1v) is 10.2. The van der Waals surface area contributed by atoms with Crippen LogP contribution >= 0.6 is 11.3 Å². The smallest absolute Gasteiger partial charge is 0.460 e. The summed E-state index contributed by atoms with van der Waals surface area (Å²) in [7, 11) is 0. The predicted octanol–water partition coefficient (Wildman–Crippen LogP) is 5.85. The number of fused-ring (bicyclic) bond motifs is 1. The number of hydrogen-bond acceptors (Lipinski definition) is 4. The lowest BCUT2D eigenvalue weighted by molar-refractivity contribution is -0.388.